The van der Waals surface area contributed by atoms with Crippen molar-refractivity contribution in [3.8, 4) is 11.5 Å². The molecule has 2 aliphatic rings. The molecule has 0 radical (unpaired) electrons. The van der Waals surface area contributed by atoms with Crippen LogP contribution in [0.5, 0.6) is 11.5 Å². The summed E-state index contributed by atoms with van der Waals surface area (Å²) in [7, 11) is 0. The lowest BCUT2D eigenvalue weighted by Crippen LogP contribution is -2.39. The van der Waals surface area contributed by atoms with Crippen LogP contribution in [0.2, 0.25) is 0 Å². The number of carbonyl (C=O) groups is 1. The maximum absolute atomic E-state index is 13.2. The van der Waals surface area contributed by atoms with E-state index in [4.69, 9.17) is 9.47 Å². The molecule has 3 aromatic carbocycles. The van der Waals surface area contributed by atoms with E-state index < -0.39 is 0 Å². The number of para-hydroxylation sites is 2. The van der Waals surface area contributed by atoms with E-state index in [0.717, 1.165) is 29.0 Å². The van der Waals surface area contributed by atoms with Crippen molar-refractivity contribution in [1.29, 1.82) is 0 Å². The molecular formula is C24H21NO3. The Labute approximate surface area is 164 Å². The zero-order chi connectivity index (χ0) is 18.9. The number of rotatable bonds is 3. The van der Waals surface area contributed by atoms with Crippen molar-refractivity contribution in [1.82, 2.24) is 5.32 Å². The summed E-state index contributed by atoms with van der Waals surface area (Å²) in [6.45, 7) is 1.09. The van der Waals surface area contributed by atoms with Gasteiger partial charge in [-0.25, -0.2) is 0 Å². The van der Waals surface area contributed by atoms with Crippen LogP contribution in [0.25, 0.3) is 0 Å². The van der Waals surface area contributed by atoms with Crippen LogP contribution in [0.4, 0.5) is 0 Å². The molecular weight excluding hydrogens is 350 g/mol. The van der Waals surface area contributed by atoms with Crippen LogP contribution >= 0.6 is 0 Å². The van der Waals surface area contributed by atoms with Gasteiger partial charge in [-0.3, -0.25) is 4.79 Å². The second kappa shape index (κ2) is 7.13. The molecule has 0 aromatic heterocycles. The van der Waals surface area contributed by atoms with Crippen molar-refractivity contribution in [2.24, 2.45) is 0 Å². The van der Waals surface area contributed by atoms with E-state index in [9.17, 15) is 4.79 Å². The predicted octanol–water partition coefficient (Wildman–Crippen LogP) is 4.18. The second-order valence-electron chi connectivity index (χ2n) is 7.26. The SMILES string of the molecule is O=C(NCC1Cc2ccccc2CO1)C1c2ccccc2Oc2ccccc21. The van der Waals surface area contributed by atoms with E-state index in [1.807, 2.05) is 54.6 Å². The molecule has 4 heteroatoms. The number of nitrogens with one attached hydrogen (secondary N) is 1. The number of fused-ring (bicyclic) bond motifs is 3. The third-order valence-corrected chi connectivity index (χ3v) is 5.49. The van der Waals surface area contributed by atoms with E-state index in [-0.39, 0.29) is 17.9 Å². The Kier molecular flexibility index (Phi) is 4.34. The van der Waals surface area contributed by atoms with Crippen LogP contribution in [0.3, 0.4) is 0 Å². The highest BCUT2D eigenvalue weighted by molar-refractivity contribution is 5.89. The summed E-state index contributed by atoms with van der Waals surface area (Å²) in [4.78, 5) is 13.2. The monoisotopic (exact) mass is 371 g/mol. The molecule has 4 nitrogen and oxygen atoms in total. The number of amides is 1. The minimum absolute atomic E-state index is 0.0100. The van der Waals surface area contributed by atoms with Gasteiger partial charge in [-0.05, 0) is 23.3 Å². The Morgan fingerprint density at radius 2 is 1.46 bits per heavy atom. The highest BCUT2D eigenvalue weighted by atomic mass is 16.5. The first-order chi connectivity index (χ1) is 13.8. The summed E-state index contributed by atoms with van der Waals surface area (Å²) in [5.41, 5.74) is 4.33. The molecule has 2 heterocycles. The number of hydrogen-bond acceptors (Lipinski definition) is 3. The molecule has 1 unspecified atom stereocenters. The maximum atomic E-state index is 13.2. The van der Waals surface area contributed by atoms with Crippen molar-refractivity contribution in [2.45, 2.75) is 25.0 Å². The molecule has 1 atom stereocenters. The quantitative estimate of drug-likeness (QED) is 0.751. The highest BCUT2D eigenvalue weighted by Crippen LogP contribution is 2.43. The van der Waals surface area contributed by atoms with E-state index >= 15 is 0 Å². The molecule has 0 spiro atoms. The highest BCUT2D eigenvalue weighted by Gasteiger charge is 2.32. The normalized spacial score (nSPS) is 17.6. The zero-order valence-corrected chi connectivity index (χ0v) is 15.4. The Morgan fingerprint density at radius 3 is 2.18 bits per heavy atom. The Balaban J connectivity index is 1.35. The molecule has 1 amide bonds. The topological polar surface area (TPSA) is 47.6 Å². The van der Waals surface area contributed by atoms with Crippen LogP contribution in [-0.4, -0.2) is 18.6 Å². The lowest BCUT2D eigenvalue weighted by Gasteiger charge is -2.29. The van der Waals surface area contributed by atoms with Gasteiger partial charge >= 0.3 is 0 Å². The van der Waals surface area contributed by atoms with Crippen molar-refractivity contribution in [2.75, 3.05) is 6.54 Å². The maximum Gasteiger partial charge on any atom is 0.232 e. The summed E-state index contributed by atoms with van der Waals surface area (Å²) in [5, 5.41) is 3.12. The summed E-state index contributed by atoms with van der Waals surface area (Å²) in [6.07, 6.45) is 0.807. The van der Waals surface area contributed by atoms with Gasteiger partial charge in [-0.1, -0.05) is 60.7 Å². The fourth-order valence-electron chi connectivity index (χ4n) is 4.05. The predicted molar refractivity (Wildman–Crippen MR) is 107 cm³/mol. The average Bonchev–Trinajstić information content (AvgIpc) is 2.75. The van der Waals surface area contributed by atoms with Crippen LogP contribution in [0.15, 0.2) is 72.8 Å². The summed E-state index contributed by atoms with van der Waals surface area (Å²) in [6, 6.07) is 23.8. The number of ether oxygens (including phenoxy) is 2. The van der Waals surface area contributed by atoms with E-state index in [2.05, 4.69) is 23.5 Å². The first-order valence-electron chi connectivity index (χ1n) is 9.61. The fourth-order valence-corrected chi connectivity index (χ4v) is 4.05. The van der Waals surface area contributed by atoms with E-state index in [1.165, 1.54) is 11.1 Å². The molecule has 5 rings (SSSR count). The molecule has 0 aliphatic carbocycles. The number of benzene rings is 3. The van der Waals surface area contributed by atoms with E-state index in [0.29, 0.717) is 13.2 Å². The zero-order valence-electron chi connectivity index (χ0n) is 15.4. The Bertz CT molecular complexity index is 984. The molecule has 2 aliphatic heterocycles. The molecule has 1 N–H and O–H groups in total. The third-order valence-electron chi connectivity index (χ3n) is 5.49. The van der Waals surface area contributed by atoms with Gasteiger partial charge in [0.05, 0.1) is 18.6 Å². The third kappa shape index (κ3) is 3.06. The number of hydrogen-bond donors (Lipinski definition) is 1. The van der Waals surface area contributed by atoms with Gasteiger partial charge in [-0.15, -0.1) is 0 Å². The van der Waals surface area contributed by atoms with Crippen LogP contribution in [0.1, 0.15) is 28.2 Å². The number of carbonyl (C=O) groups excluding carboxylic acids is 1. The van der Waals surface area contributed by atoms with Crippen molar-refractivity contribution in [3.05, 3.63) is 95.1 Å². The van der Waals surface area contributed by atoms with Crippen LogP contribution in [0, 0.1) is 0 Å². The van der Waals surface area contributed by atoms with E-state index in [1.54, 1.807) is 0 Å². The fraction of sp³-hybridized carbons (Fsp3) is 0.208. The molecule has 3 aromatic rings. The summed E-state index contributed by atoms with van der Waals surface area (Å²) >= 11 is 0. The first kappa shape index (κ1) is 17.0. The first-order valence-corrected chi connectivity index (χ1v) is 9.61. The lowest BCUT2D eigenvalue weighted by molar-refractivity contribution is -0.122. The molecule has 0 saturated heterocycles. The molecule has 0 fully saturated rings. The standard InChI is InChI=1S/C24H21NO3/c26-24(25-14-18-13-16-7-1-2-8-17(16)15-27-18)23-19-9-3-5-11-21(19)28-22-12-6-4-10-20(22)23/h1-12,18,23H,13-15H2,(H,25,26). The molecule has 140 valence electrons. The second-order valence-corrected chi connectivity index (χ2v) is 7.26. The Morgan fingerprint density at radius 1 is 0.857 bits per heavy atom. The summed E-state index contributed by atoms with van der Waals surface area (Å²) in [5.74, 6) is 1.08. The minimum Gasteiger partial charge on any atom is -0.457 e. The van der Waals surface area contributed by atoms with Gasteiger partial charge in [0.2, 0.25) is 5.91 Å². The van der Waals surface area contributed by atoms with Crippen molar-refractivity contribution in [3.63, 3.8) is 0 Å². The van der Waals surface area contributed by atoms with Gasteiger partial charge in [0.1, 0.15) is 11.5 Å². The van der Waals surface area contributed by atoms with Crippen molar-refractivity contribution < 1.29 is 14.3 Å². The smallest absolute Gasteiger partial charge is 0.232 e. The van der Waals surface area contributed by atoms with Gasteiger partial charge < -0.3 is 14.8 Å². The van der Waals surface area contributed by atoms with Crippen LogP contribution in [-0.2, 0) is 22.6 Å². The van der Waals surface area contributed by atoms with Gasteiger partial charge in [0, 0.05) is 24.1 Å². The van der Waals surface area contributed by atoms with Gasteiger partial charge in [0.25, 0.3) is 0 Å². The van der Waals surface area contributed by atoms with Crippen LogP contribution < -0.4 is 10.1 Å². The van der Waals surface area contributed by atoms with Crippen molar-refractivity contribution >= 4 is 5.91 Å². The molecule has 0 bridgehead atoms. The molecule has 0 saturated carbocycles. The lowest BCUT2D eigenvalue weighted by atomic mass is 9.87. The Hall–Kier alpha value is -3.11. The largest absolute Gasteiger partial charge is 0.457 e. The summed E-state index contributed by atoms with van der Waals surface area (Å²) < 4.78 is 11.9. The van der Waals surface area contributed by atoms with Gasteiger partial charge in [0.15, 0.2) is 0 Å². The minimum atomic E-state index is -0.378. The van der Waals surface area contributed by atoms with Gasteiger partial charge in [-0.2, -0.15) is 0 Å². The average molecular weight is 371 g/mol. The molecule has 28 heavy (non-hydrogen) atoms.